The molecule has 0 bridgehead atoms. The molecule has 0 unspecified atom stereocenters. The maximum atomic E-state index is 5.52. The lowest BCUT2D eigenvalue weighted by molar-refractivity contribution is 0.311. The van der Waals surface area contributed by atoms with Gasteiger partial charge in [-0.2, -0.15) is 4.98 Å². The Morgan fingerprint density at radius 1 is 0.958 bits per heavy atom. The number of para-hydroxylation sites is 1. The van der Waals surface area contributed by atoms with Crippen LogP contribution >= 0.6 is 0 Å². The molecule has 6 nitrogen and oxygen atoms in total. The third-order valence-corrected chi connectivity index (χ3v) is 3.49. The van der Waals surface area contributed by atoms with Crippen molar-refractivity contribution in [3.05, 3.63) is 42.5 Å². The number of benzene rings is 2. The van der Waals surface area contributed by atoms with Gasteiger partial charge in [0.2, 0.25) is 5.82 Å². The summed E-state index contributed by atoms with van der Waals surface area (Å²) in [6.07, 6.45) is 0. The highest BCUT2D eigenvalue weighted by Crippen LogP contribution is 2.33. The molecule has 0 saturated carbocycles. The van der Waals surface area contributed by atoms with E-state index in [2.05, 4.69) is 10.1 Å². The molecule has 0 aliphatic heterocycles. The van der Waals surface area contributed by atoms with Gasteiger partial charge in [-0.3, -0.25) is 0 Å². The van der Waals surface area contributed by atoms with Gasteiger partial charge in [-0.25, -0.2) is 0 Å². The largest absolute Gasteiger partial charge is 0.496 e. The Kier molecular flexibility index (Phi) is 4.65. The van der Waals surface area contributed by atoms with Crippen LogP contribution in [0.15, 0.2) is 47.0 Å². The van der Waals surface area contributed by atoms with Gasteiger partial charge in [0.05, 0.1) is 26.4 Å². The molecule has 1 heterocycles. The van der Waals surface area contributed by atoms with Gasteiger partial charge in [0, 0.05) is 5.56 Å². The molecule has 0 N–H and O–H groups in total. The van der Waals surface area contributed by atoms with Crippen LogP contribution in [-0.2, 0) is 0 Å². The van der Waals surface area contributed by atoms with E-state index < -0.39 is 0 Å². The molecule has 24 heavy (non-hydrogen) atoms. The predicted molar refractivity (Wildman–Crippen MR) is 89.4 cm³/mol. The first kappa shape index (κ1) is 15.9. The third kappa shape index (κ3) is 3.03. The molecule has 0 aliphatic rings. The summed E-state index contributed by atoms with van der Waals surface area (Å²) < 4.78 is 21.6. The Balaban J connectivity index is 1.96. The van der Waals surface area contributed by atoms with Crippen molar-refractivity contribution in [3.8, 4) is 40.1 Å². The Morgan fingerprint density at radius 3 is 2.50 bits per heavy atom. The monoisotopic (exact) mass is 326 g/mol. The van der Waals surface area contributed by atoms with Gasteiger partial charge in [0.25, 0.3) is 5.89 Å². The van der Waals surface area contributed by atoms with Crippen LogP contribution in [-0.4, -0.2) is 31.0 Å². The van der Waals surface area contributed by atoms with E-state index in [1.165, 1.54) is 0 Å². The van der Waals surface area contributed by atoms with Crippen molar-refractivity contribution in [2.24, 2.45) is 0 Å². The number of hydrogen-bond donors (Lipinski definition) is 0. The van der Waals surface area contributed by atoms with E-state index in [0.29, 0.717) is 35.6 Å². The van der Waals surface area contributed by atoms with Crippen LogP contribution < -0.4 is 14.2 Å². The molecule has 0 saturated heterocycles. The highest BCUT2D eigenvalue weighted by molar-refractivity contribution is 5.66. The zero-order chi connectivity index (χ0) is 16.9. The zero-order valence-corrected chi connectivity index (χ0v) is 13.8. The Hall–Kier alpha value is -3.02. The Morgan fingerprint density at radius 2 is 1.75 bits per heavy atom. The maximum absolute atomic E-state index is 5.52. The van der Waals surface area contributed by atoms with E-state index in [4.69, 9.17) is 18.7 Å². The summed E-state index contributed by atoms with van der Waals surface area (Å²) in [5, 5.41) is 4.05. The van der Waals surface area contributed by atoms with E-state index in [1.54, 1.807) is 14.2 Å². The van der Waals surface area contributed by atoms with Crippen molar-refractivity contribution in [3.63, 3.8) is 0 Å². The lowest BCUT2D eigenvalue weighted by atomic mass is 10.2. The van der Waals surface area contributed by atoms with Gasteiger partial charge in [-0.05, 0) is 37.3 Å². The molecule has 3 rings (SSSR count). The molecular formula is C18H18N2O4. The first-order valence-corrected chi connectivity index (χ1v) is 7.55. The molecule has 1 aromatic heterocycles. The lowest BCUT2D eigenvalue weighted by Gasteiger charge is -2.09. The molecule has 124 valence electrons. The first-order chi connectivity index (χ1) is 11.8. The van der Waals surface area contributed by atoms with Gasteiger partial charge >= 0.3 is 0 Å². The van der Waals surface area contributed by atoms with E-state index in [0.717, 1.165) is 11.1 Å². The Labute approximate surface area is 140 Å². The van der Waals surface area contributed by atoms with Gasteiger partial charge in [-0.1, -0.05) is 17.3 Å². The fourth-order valence-corrected chi connectivity index (χ4v) is 2.35. The summed E-state index contributed by atoms with van der Waals surface area (Å²) in [7, 11) is 3.20. The average molecular weight is 326 g/mol. The zero-order valence-electron chi connectivity index (χ0n) is 13.8. The molecule has 0 spiro atoms. The van der Waals surface area contributed by atoms with E-state index in [-0.39, 0.29) is 0 Å². The summed E-state index contributed by atoms with van der Waals surface area (Å²) in [4.78, 5) is 4.46. The highest BCUT2D eigenvalue weighted by Gasteiger charge is 2.15. The quantitative estimate of drug-likeness (QED) is 0.686. The fourth-order valence-electron chi connectivity index (χ4n) is 2.35. The van der Waals surface area contributed by atoms with Gasteiger partial charge in [0.1, 0.15) is 5.75 Å². The maximum Gasteiger partial charge on any atom is 0.262 e. The van der Waals surface area contributed by atoms with Crippen molar-refractivity contribution in [1.29, 1.82) is 0 Å². The molecule has 2 aromatic carbocycles. The van der Waals surface area contributed by atoms with Crippen LogP contribution in [0.1, 0.15) is 6.92 Å². The second-order valence-corrected chi connectivity index (χ2v) is 4.92. The summed E-state index contributed by atoms with van der Waals surface area (Å²) in [6.45, 7) is 2.49. The minimum absolute atomic E-state index is 0.398. The van der Waals surface area contributed by atoms with E-state index in [1.807, 2.05) is 49.4 Å². The fraction of sp³-hybridized carbons (Fsp3) is 0.222. The first-order valence-electron chi connectivity index (χ1n) is 7.55. The van der Waals surface area contributed by atoms with E-state index >= 15 is 0 Å². The van der Waals surface area contributed by atoms with Crippen molar-refractivity contribution < 1.29 is 18.7 Å². The van der Waals surface area contributed by atoms with Crippen molar-refractivity contribution in [1.82, 2.24) is 10.1 Å². The second kappa shape index (κ2) is 7.04. The molecule has 6 heteroatoms. The molecule has 0 atom stereocenters. The molecule has 0 fully saturated rings. The molecule has 0 radical (unpaired) electrons. The van der Waals surface area contributed by atoms with Crippen LogP contribution in [0.25, 0.3) is 22.8 Å². The second-order valence-electron chi connectivity index (χ2n) is 4.92. The van der Waals surface area contributed by atoms with E-state index in [9.17, 15) is 0 Å². The highest BCUT2D eigenvalue weighted by atomic mass is 16.5. The summed E-state index contributed by atoms with van der Waals surface area (Å²) in [5.41, 5.74) is 1.52. The van der Waals surface area contributed by atoms with Crippen molar-refractivity contribution in [2.75, 3.05) is 20.8 Å². The lowest BCUT2D eigenvalue weighted by Crippen LogP contribution is -1.95. The third-order valence-electron chi connectivity index (χ3n) is 3.49. The predicted octanol–water partition coefficient (Wildman–Crippen LogP) is 3.82. The normalized spacial score (nSPS) is 10.5. The summed E-state index contributed by atoms with van der Waals surface area (Å²) in [6, 6.07) is 13.0. The molecule has 0 amide bonds. The number of methoxy groups -OCH3 is 2. The van der Waals surface area contributed by atoms with Gasteiger partial charge < -0.3 is 18.7 Å². The molecular weight excluding hydrogens is 308 g/mol. The average Bonchev–Trinajstić information content (AvgIpc) is 3.12. The van der Waals surface area contributed by atoms with Gasteiger partial charge in [0.15, 0.2) is 11.5 Å². The number of nitrogens with zero attached hydrogens (tertiary/aromatic N) is 2. The Bertz CT molecular complexity index is 829. The smallest absolute Gasteiger partial charge is 0.262 e. The summed E-state index contributed by atoms with van der Waals surface area (Å²) >= 11 is 0. The van der Waals surface area contributed by atoms with Crippen LogP contribution in [0.4, 0.5) is 0 Å². The van der Waals surface area contributed by atoms with Crippen LogP contribution in [0.5, 0.6) is 17.2 Å². The topological polar surface area (TPSA) is 66.6 Å². The minimum atomic E-state index is 0.398. The van der Waals surface area contributed by atoms with Crippen molar-refractivity contribution >= 4 is 0 Å². The number of hydrogen-bond acceptors (Lipinski definition) is 6. The number of rotatable bonds is 6. The molecule has 3 aromatic rings. The number of aromatic nitrogens is 2. The standard InChI is InChI=1S/C18H18N2O4/c1-4-23-15-10-9-12(11-16(15)22-3)17-19-18(24-20-17)13-7-5-6-8-14(13)21-2/h5-11H,4H2,1-3H3. The van der Waals surface area contributed by atoms with Gasteiger partial charge in [-0.15, -0.1) is 0 Å². The number of ether oxygens (including phenoxy) is 3. The van der Waals surface area contributed by atoms with Crippen LogP contribution in [0.2, 0.25) is 0 Å². The van der Waals surface area contributed by atoms with Crippen LogP contribution in [0.3, 0.4) is 0 Å². The minimum Gasteiger partial charge on any atom is -0.496 e. The molecule has 0 aliphatic carbocycles. The SMILES string of the molecule is CCOc1ccc(-c2noc(-c3ccccc3OC)n2)cc1OC. The van der Waals surface area contributed by atoms with Crippen molar-refractivity contribution in [2.45, 2.75) is 6.92 Å². The van der Waals surface area contributed by atoms with Crippen LogP contribution in [0, 0.1) is 0 Å². The summed E-state index contributed by atoms with van der Waals surface area (Å²) in [5.74, 6) is 2.85.